The number of hydrogen-bond acceptors (Lipinski definition) is 7. The molecule has 0 amide bonds. The van der Waals surface area contributed by atoms with E-state index in [0.29, 0.717) is 20.8 Å². The van der Waals surface area contributed by atoms with Crippen LogP contribution in [0.5, 0.6) is 11.5 Å². The fourth-order valence-electron chi connectivity index (χ4n) is 2.35. The van der Waals surface area contributed by atoms with Crippen LogP contribution in [0.2, 0.25) is 5.02 Å². The van der Waals surface area contributed by atoms with Crippen molar-refractivity contribution in [3.05, 3.63) is 57.0 Å². The maximum absolute atomic E-state index is 12.6. The van der Waals surface area contributed by atoms with Crippen molar-refractivity contribution in [2.24, 2.45) is 5.16 Å². The van der Waals surface area contributed by atoms with Crippen molar-refractivity contribution in [1.82, 2.24) is 0 Å². The minimum Gasteiger partial charge on any atom is -0.493 e. The highest BCUT2D eigenvalue weighted by Crippen LogP contribution is 2.39. The van der Waals surface area contributed by atoms with Crippen LogP contribution < -0.4 is 8.92 Å². The van der Waals surface area contributed by atoms with E-state index in [0.717, 1.165) is 0 Å². The van der Waals surface area contributed by atoms with Gasteiger partial charge in [-0.2, -0.15) is 8.42 Å². The monoisotopic (exact) mass is 485 g/mol. The van der Waals surface area contributed by atoms with Crippen molar-refractivity contribution in [1.29, 1.82) is 0 Å². The second-order valence-electron chi connectivity index (χ2n) is 5.64. The van der Waals surface area contributed by atoms with E-state index in [2.05, 4.69) is 25.9 Å². The molecule has 1 heterocycles. The highest BCUT2D eigenvalue weighted by atomic mass is 79.9. The topological polar surface area (TPSA) is 91.3 Å². The van der Waals surface area contributed by atoms with Crippen LogP contribution in [-0.2, 0) is 19.8 Å². The van der Waals surface area contributed by atoms with E-state index < -0.39 is 16.1 Å². The zero-order chi connectivity index (χ0) is 20.5. The first-order chi connectivity index (χ1) is 13.2. The second kappa shape index (κ2) is 7.94. The molecule has 0 saturated heterocycles. The van der Waals surface area contributed by atoms with Crippen LogP contribution in [0.4, 0.5) is 0 Å². The lowest BCUT2D eigenvalue weighted by molar-refractivity contribution is -0.136. The molecule has 0 unspecified atom stereocenters. The summed E-state index contributed by atoms with van der Waals surface area (Å²) in [5.74, 6) is -0.447. The SMILES string of the molecule is COc1cc(/C=C2\C(=O)ON=C2C)cc(Br)c1OS(=O)(=O)c1ccc(Cl)cc1. The average Bonchev–Trinajstić information content (AvgIpc) is 2.96. The Kier molecular flexibility index (Phi) is 5.78. The third-order valence-corrected chi connectivity index (χ3v) is 5.81. The van der Waals surface area contributed by atoms with Crippen molar-refractivity contribution in [3.63, 3.8) is 0 Å². The molecule has 7 nitrogen and oxygen atoms in total. The number of carbonyl (C=O) groups excluding carboxylic acids is 1. The van der Waals surface area contributed by atoms with E-state index in [-0.39, 0.29) is 22.0 Å². The molecule has 0 aliphatic carbocycles. The summed E-state index contributed by atoms with van der Waals surface area (Å²) in [5, 5.41) is 4.01. The third kappa shape index (κ3) is 4.21. The first-order valence-electron chi connectivity index (χ1n) is 7.77. The molecule has 1 aliphatic rings. The molecular weight excluding hydrogens is 474 g/mol. The lowest BCUT2D eigenvalue weighted by Crippen LogP contribution is -2.11. The number of benzene rings is 2. The molecule has 2 aromatic rings. The number of halogens is 2. The lowest BCUT2D eigenvalue weighted by Gasteiger charge is -2.13. The molecule has 3 rings (SSSR count). The van der Waals surface area contributed by atoms with E-state index >= 15 is 0 Å². The molecule has 0 saturated carbocycles. The first-order valence-corrected chi connectivity index (χ1v) is 10.3. The summed E-state index contributed by atoms with van der Waals surface area (Å²) in [6.45, 7) is 1.64. The molecule has 0 bridgehead atoms. The molecule has 146 valence electrons. The predicted octanol–water partition coefficient (Wildman–Crippen LogP) is 4.19. The zero-order valence-electron chi connectivity index (χ0n) is 14.6. The van der Waals surface area contributed by atoms with Crippen LogP contribution in [0, 0.1) is 0 Å². The highest BCUT2D eigenvalue weighted by Gasteiger charge is 2.24. The van der Waals surface area contributed by atoms with Gasteiger partial charge in [0.15, 0.2) is 11.5 Å². The molecule has 0 aromatic heterocycles. The Labute approximate surface area is 174 Å². The van der Waals surface area contributed by atoms with Gasteiger partial charge in [-0.05, 0) is 70.9 Å². The van der Waals surface area contributed by atoms with Gasteiger partial charge >= 0.3 is 16.1 Å². The molecule has 0 fully saturated rings. The Morgan fingerprint density at radius 1 is 1.21 bits per heavy atom. The minimum atomic E-state index is -4.12. The van der Waals surface area contributed by atoms with Crippen molar-refractivity contribution in [2.75, 3.05) is 7.11 Å². The number of methoxy groups -OCH3 is 1. The minimum absolute atomic E-state index is 0.0287. The maximum atomic E-state index is 12.6. The molecule has 0 radical (unpaired) electrons. The van der Waals surface area contributed by atoms with Gasteiger partial charge in [-0.3, -0.25) is 0 Å². The largest absolute Gasteiger partial charge is 0.493 e. The van der Waals surface area contributed by atoms with Gasteiger partial charge in [0.1, 0.15) is 4.90 Å². The molecule has 0 atom stereocenters. The number of carbonyl (C=O) groups is 1. The summed E-state index contributed by atoms with van der Waals surface area (Å²) in [5.41, 5.74) is 1.28. The van der Waals surface area contributed by atoms with E-state index in [1.165, 1.54) is 37.4 Å². The van der Waals surface area contributed by atoms with E-state index in [9.17, 15) is 13.2 Å². The molecule has 0 spiro atoms. The maximum Gasteiger partial charge on any atom is 0.367 e. The van der Waals surface area contributed by atoms with Crippen molar-refractivity contribution in [2.45, 2.75) is 11.8 Å². The van der Waals surface area contributed by atoms with E-state index in [1.807, 2.05) is 0 Å². The average molecular weight is 487 g/mol. The van der Waals surface area contributed by atoms with Crippen molar-refractivity contribution < 1.29 is 27.0 Å². The van der Waals surface area contributed by atoms with Crippen LogP contribution in [0.1, 0.15) is 12.5 Å². The quantitative estimate of drug-likeness (QED) is 0.357. The lowest BCUT2D eigenvalue weighted by atomic mass is 10.1. The predicted molar refractivity (Wildman–Crippen MR) is 107 cm³/mol. The molecule has 28 heavy (non-hydrogen) atoms. The number of hydrogen-bond donors (Lipinski definition) is 0. The molecular formula is C18H13BrClNO6S. The zero-order valence-corrected chi connectivity index (χ0v) is 17.8. The molecule has 0 N–H and O–H groups in total. The van der Waals surface area contributed by atoms with Gasteiger partial charge in [-0.25, -0.2) is 4.79 Å². The fraction of sp³-hybridized carbons (Fsp3) is 0.111. The number of ether oxygens (including phenoxy) is 1. The summed E-state index contributed by atoms with van der Waals surface area (Å²) in [6.07, 6.45) is 1.55. The molecule has 2 aromatic carbocycles. The van der Waals surface area contributed by atoms with Crippen LogP contribution in [0.25, 0.3) is 6.08 Å². The summed E-state index contributed by atoms with van der Waals surface area (Å²) in [4.78, 5) is 16.3. The number of rotatable bonds is 5. The van der Waals surface area contributed by atoms with Crippen LogP contribution in [-0.4, -0.2) is 27.2 Å². The number of oxime groups is 1. The van der Waals surface area contributed by atoms with Crippen molar-refractivity contribution in [3.8, 4) is 11.5 Å². The third-order valence-electron chi connectivity index (χ3n) is 3.73. The van der Waals surface area contributed by atoms with Crippen LogP contribution in [0.15, 0.2) is 56.5 Å². The Hall–Kier alpha value is -2.36. The van der Waals surface area contributed by atoms with Gasteiger partial charge in [0, 0.05) is 5.02 Å². The summed E-state index contributed by atoms with van der Waals surface area (Å²) >= 11 is 9.08. The smallest absolute Gasteiger partial charge is 0.367 e. The standard InChI is InChI=1S/C18H13BrClNO6S/c1-10-14(18(22)26-21-10)7-11-8-15(19)17(16(9-11)25-2)27-28(23,24)13-5-3-12(20)4-6-13/h3-9H,1-2H3/b14-7-. The van der Waals surface area contributed by atoms with Gasteiger partial charge < -0.3 is 13.8 Å². The first kappa shape index (κ1) is 20.4. The van der Waals surface area contributed by atoms with Gasteiger partial charge in [-0.1, -0.05) is 16.8 Å². The van der Waals surface area contributed by atoms with Gasteiger partial charge in [0.2, 0.25) is 0 Å². The summed E-state index contributed by atoms with van der Waals surface area (Å²) in [7, 11) is -2.74. The van der Waals surface area contributed by atoms with Gasteiger partial charge in [-0.15, -0.1) is 0 Å². The Morgan fingerprint density at radius 3 is 2.46 bits per heavy atom. The molecule has 1 aliphatic heterocycles. The van der Waals surface area contributed by atoms with E-state index in [4.69, 9.17) is 20.5 Å². The summed E-state index contributed by atoms with van der Waals surface area (Å²) < 4.78 is 36.0. The van der Waals surface area contributed by atoms with Crippen LogP contribution >= 0.6 is 27.5 Å². The Balaban J connectivity index is 1.99. The Bertz CT molecular complexity index is 1110. The summed E-state index contributed by atoms with van der Waals surface area (Å²) in [6, 6.07) is 8.69. The fourth-order valence-corrected chi connectivity index (χ4v) is 4.08. The van der Waals surface area contributed by atoms with Gasteiger partial charge in [0.05, 0.1) is 22.9 Å². The highest BCUT2D eigenvalue weighted by molar-refractivity contribution is 9.10. The van der Waals surface area contributed by atoms with E-state index in [1.54, 1.807) is 19.1 Å². The second-order valence-corrected chi connectivity index (χ2v) is 8.48. The van der Waals surface area contributed by atoms with Gasteiger partial charge in [0.25, 0.3) is 0 Å². The molecule has 10 heteroatoms. The van der Waals surface area contributed by atoms with Crippen molar-refractivity contribution >= 4 is 55.4 Å². The Morgan fingerprint density at radius 2 is 1.89 bits per heavy atom. The normalized spacial score (nSPS) is 15.4. The number of nitrogens with zero attached hydrogens (tertiary/aromatic N) is 1. The van der Waals surface area contributed by atoms with Crippen LogP contribution in [0.3, 0.4) is 0 Å².